The van der Waals surface area contributed by atoms with Gasteiger partial charge in [-0.15, -0.1) is 0 Å². The minimum absolute atomic E-state index is 0.131. The highest BCUT2D eigenvalue weighted by molar-refractivity contribution is 14.1. The summed E-state index contributed by atoms with van der Waals surface area (Å²) in [7, 11) is 0. The highest BCUT2D eigenvalue weighted by Crippen LogP contribution is 2.12. The summed E-state index contributed by atoms with van der Waals surface area (Å²) in [4.78, 5) is 11.8. The Bertz CT molecular complexity index is 647. The Morgan fingerprint density at radius 3 is 2.60 bits per heavy atom. The fraction of sp³-hybridized carbons (Fsp3) is 0.0667. The van der Waals surface area contributed by atoms with Gasteiger partial charge in [0.1, 0.15) is 0 Å². The van der Waals surface area contributed by atoms with Crippen LogP contribution in [0.2, 0.25) is 0 Å². The number of benzene rings is 2. The van der Waals surface area contributed by atoms with Crippen molar-refractivity contribution < 1.29 is 4.79 Å². The molecule has 0 aliphatic carbocycles. The number of nitrogens with one attached hydrogen (secondary N) is 2. The van der Waals surface area contributed by atoms with E-state index in [0.717, 1.165) is 14.9 Å². The number of nitriles is 1. The van der Waals surface area contributed by atoms with Crippen molar-refractivity contribution in [2.75, 3.05) is 17.2 Å². The van der Waals surface area contributed by atoms with Crippen LogP contribution in [0, 0.1) is 14.9 Å². The van der Waals surface area contributed by atoms with Crippen molar-refractivity contribution in [3.05, 3.63) is 57.7 Å². The van der Waals surface area contributed by atoms with E-state index < -0.39 is 0 Å². The van der Waals surface area contributed by atoms with Gasteiger partial charge >= 0.3 is 0 Å². The molecule has 0 fully saturated rings. The van der Waals surface area contributed by atoms with Crippen LogP contribution < -0.4 is 10.6 Å². The molecule has 1 amide bonds. The van der Waals surface area contributed by atoms with Crippen molar-refractivity contribution in [2.24, 2.45) is 0 Å². The maximum absolute atomic E-state index is 11.8. The molecule has 0 saturated carbocycles. The van der Waals surface area contributed by atoms with Crippen LogP contribution in [-0.2, 0) is 4.79 Å². The largest absolute Gasteiger partial charge is 0.376 e. The number of rotatable bonds is 4. The zero-order valence-electron chi connectivity index (χ0n) is 10.6. The average molecular weight is 377 g/mol. The molecular weight excluding hydrogens is 365 g/mol. The molecule has 0 bridgehead atoms. The van der Waals surface area contributed by atoms with Crippen LogP contribution in [0.4, 0.5) is 11.4 Å². The van der Waals surface area contributed by atoms with Crippen molar-refractivity contribution in [2.45, 2.75) is 0 Å². The lowest BCUT2D eigenvalue weighted by Gasteiger charge is -2.08. The van der Waals surface area contributed by atoms with Gasteiger partial charge < -0.3 is 10.6 Å². The lowest BCUT2D eigenvalue weighted by Crippen LogP contribution is -2.21. The SMILES string of the molecule is N#Cc1cccc(NCC(=O)Nc2ccc(I)cc2)c1. The summed E-state index contributed by atoms with van der Waals surface area (Å²) in [5.74, 6) is -0.131. The first-order valence-corrected chi connectivity index (χ1v) is 7.05. The second-order valence-corrected chi connectivity index (χ2v) is 5.35. The van der Waals surface area contributed by atoms with Gasteiger partial charge in [0, 0.05) is 14.9 Å². The van der Waals surface area contributed by atoms with Crippen LogP contribution in [0.1, 0.15) is 5.56 Å². The summed E-state index contributed by atoms with van der Waals surface area (Å²) in [5.41, 5.74) is 2.08. The lowest BCUT2D eigenvalue weighted by atomic mass is 10.2. The van der Waals surface area contributed by atoms with E-state index in [1.54, 1.807) is 18.2 Å². The molecular formula is C15H12IN3O. The summed E-state index contributed by atoms with van der Waals surface area (Å²) in [5, 5.41) is 14.6. The lowest BCUT2D eigenvalue weighted by molar-refractivity contribution is -0.114. The van der Waals surface area contributed by atoms with Gasteiger partial charge in [-0.1, -0.05) is 6.07 Å². The van der Waals surface area contributed by atoms with Crippen LogP contribution in [0.3, 0.4) is 0 Å². The van der Waals surface area contributed by atoms with E-state index in [9.17, 15) is 4.79 Å². The number of nitrogens with zero attached hydrogens (tertiary/aromatic N) is 1. The van der Waals surface area contributed by atoms with Crippen LogP contribution in [0.25, 0.3) is 0 Å². The first-order chi connectivity index (χ1) is 9.67. The third-order valence-corrected chi connectivity index (χ3v) is 3.29. The predicted molar refractivity (Wildman–Crippen MR) is 87.4 cm³/mol. The molecule has 5 heteroatoms. The second-order valence-electron chi connectivity index (χ2n) is 4.10. The van der Waals surface area contributed by atoms with E-state index in [-0.39, 0.29) is 12.5 Å². The molecule has 0 saturated heterocycles. The first kappa shape index (κ1) is 14.3. The standard InChI is InChI=1S/C15H12IN3O/c16-12-4-6-13(7-5-12)19-15(20)10-18-14-3-1-2-11(8-14)9-17/h1-8,18H,10H2,(H,19,20). The Balaban J connectivity index is 1.89. The normalized spacial score (nSPS) is 9.60. The van der Waals surface area contributed by atoms with Crippen molar-refractivity contribution in [3.63, 3.8) is 0 Å². The van der Waals surface area contributed by atoms with Crippen molar-refractivity contribution >= 4 is 39.9 Å². The van der Waals surface area contributed by atoms with E-state index in [2.05, 4.69) is 39.3 Å². The minimum atomic E-state index is -0.131. The third-order valence-electron chi connectivity index (χ3n) is 2.57. The van der Waals surface area contributed by atoms with Gasteiger partial charge in [-0.25, -0.2) is 0 Å². The fourth-order valence-corrected chi connectivity index (χ4v) is 1.98. The maximum atomic E-state index is 11.8. The zero-order valence-corrected chi connectivity index (χ0v) is 12.7. The monoisotopic (exact) mass is 377 g/mol. The summed E-state index contributed by atoms with van der Waals surface area (Å²) in [6.45, 7) is 0.154. The Morgan fingerprint density at radius 1 is 1.15 bits per heavy atom. The number of halogens is 1. The molecule has 2 N–H and O–H groups in total. The Kier molecular flexibility index (Phi) is 4.96. The quantitative estimate of drug-likeness (QED) is 0.805. The molecule has 0 aliphatic heterocycles. The first-order valence-electron chi connectivity index (χ1n) is 5.97. The molecule has 4 nitrogen and oxygen atoms in total. The van der Waals surface area contributed by atoms with Crippen molar-refractivity contribution in [1.82, 2.24) is 0 Å². The van der Waals surface area contributed by atoms with Gasteiger partial charge in [-0.05, 0) is 65.1 Å². The molecule has 2 aromatic rings. The van der Waals surface area contributed by atoms with Crippen LogP contribution in [0.15, 0.2) is 48.5 Å². The molecule has 0 aliphatic rings. The molecule has 0 aromatic heterocycles. The summed E-state index contributed by atoms with van der Waals surface area (Å²) in [6, 6.07) is 16.7. The fourth-order valence-electron chi connectivity index (χ4n) is 1.62. The van der Waals surface area contributed by atoms with Crippen molar-refractivity contribution in [1.29, 1.82) is 5.26 Å². The Labute approximate surface area is 130 Å². The van der Waals surface area contributed by atoms with E-state index in [0.29, 0.717) is 5.56 Å². The van der Waals surface area contributed by atoms with Gasteiger partial charge in [0.2, 0.25) is 5.91 Å². The number of carbonyl (C=O) groups excluding carboxylic acids is 1. The Morgan fingerprint density at radius 2 is 1.90 bits per heavy atom. The zero-order chi connectivity index (χ0) is 14.4. The highest BCUT2D eigenvalue weighted by atomic mass is 127. The topological polar surface area (TPSA) is 64.9 Å². The molecule has 0 unspecified atom stereocenters. The molecule has 2 aromatic carbocycles. The molecule has 100 valence electrons. The van der Waals surface area contributed by atoms with Crippen LogP contribution in [-0.4, -0.2) is 12.5 Å². The number of hydrogen-bond acceptors (Lipinski definition) is 3. The second kappa shape index (κ2) is 6.91. The van der Waals surface area contributed by atoms with Gasteiger partial charge in [0.25, 0.3) is 0 Å². The molecule has 0 heterocycles. The summed E-state index contributed by atoms with van der Waals surface area (Å²) in [6.07, 6.45) is 0. The molecule has 0 spiro atoms. The van der Waals surface area contributed by atoms with Gasteiger partial charge in [0.15, 0.2) is 0 Å². The molecule has 0 radical (unpaired) electrons. The summed E-state index contributed by atoms with van der Waals surface area (Å²) >= 11 is 2.21. The van der Waals surface area contributed by atoms with Crippen molar-refractivity contribution in [3.8, 4) is 6.07 Å². The van der Waals surface area contributed by atoms with E-state index in [1.807, 2.05) is 30.3 Å². The maximum Gasteiger partial charge on any atom is 0.243 e. The van der Waals surface area contributed by atoms with E-state index in [4.69, 9.17) is 5.26 Å². The molecule has 0 atom stereocenters. The number of anilines is 2. The predicted octanol–water partition coefficient (Wildman–Crippen LogP) is 3.21. The smallest absolute Gasteiger partial charge is 0.243 e. The van der Waals surface area contributed by atoms with Gasteiger partial charge in [-0.2, -0.15) is 5.26 Å². The van der Waals surface area contributed by atoms with E-state index >= 15 is 0 Å². The van der Waals surface area contributed by atoms with Crippen LogP contribution in [0.5, 0.6) is 0 Å². The number of carbonyl (C=O) groups is 1. The Hall–Kier alpha value is -2.07. The number of amides is 1. The van der Waals surface area contributed by atoms with Gasteiger partial charge in [0.05, 0.1) is 18.2 Å². The number of hydrogen-bond donors (Lipinski definition) is 2. The molecule has 2 rings (SSSR count). The third kappa shape index (κ3) is 4.24. The molecule has 20 heavy (non-hydrogen) atoms. The van der Waals surface area contributed by atoms with Gasteiger partial charge in [-0.3, -0.25) is 4.79 Å². The average Bonchev–Trinajstić information content (AvgIpc) is 2.48. The highest BCUT2D eigenvalue weighted by Gasteiger charge is 2.02. The van der Waals surface area contributed by atoms with Crippen LogP contribution >= 0.6 is 22.6 Å². The minimum Gasteiger partial charge on any atom is -0.376 e. The summed E-state index contributed by atoms with van der Waals surface area (Å²) < 4.78 is 1.12. The van der Waals surface area contributed by atoms with E-state index in [1.165, 1.54) is 0 Å².